The summed E-state index contributed by atoms with van der Waals surface area (Å²) in [6, 6.07) is 19.9. The Bertz CT molecular complexity index is 1790. The molecule has 2 aliphatic rings. The van der Waals surface area contributed by atoms with Crippen molar-refractivity contribution < 1.29 is 21.6 Å². The van der Waals surface area contributed by atoms with Gasteiger partial charge in [-0.15, -0.1) is 0 Å². The Balaban J connectivity index is 1.54. The number of aliphatic imine (C=N–C) groups is 1. The summed E-state index contributed by atoms with van der Waals surface area (Å²) in [6.07, 6.45) is 3.93. The van der Waals surface area contributed by atoms with Crippen LogP contribution in [0.2, 0.25) is 0 Å². The number of nitrogens with one attached hydrogen (secondary N) is 2. The van der Waals surface area contributed by atoms with Crippen LogP contribution in [0.25, 0.3) is 0 Å². The Morgan fingerprint density at radius 2 is 1.52 bits per heavy atom. The molecule has 14 heteroatoms. The Morgan fingerprint density at radius 3 is 2.12 bits per heavy atom. The van der Waals surface area contributed by atoms with E-state index in [1.165, 1.54) is 16.8 Å². The molecule has 3 aromatic rings. The number of aryl methyl sites for hydroxylation is 1. The zero-order valence-corrected chi connectivity index (χ0v) is 25.7. The molecule has 0 aromatic heterocycles. The maximum atomic E-state index is 11.9. The van der Waals surface area contributed by atoms with Gasteiger partial charge in [0.25, 0.3) is 0 Å². The minimum Gasteiger partial charge on any atom is -0.326 e. The number of nitrogens with zero attached hydrogens (tertiary/aromatic N) is 4. The van der Waals surface area contributed by atoms with Gasteiger partial charge in [-0.3, -0.25) is 14.2 Å². The fourth-order valence-corrected chi connectivity index (χ4v) is 6.58. The maximum absolute atomic E-state index is 11.9. The van der Waals surface area contributed by atoms with E-state index in [0.717, 1.165) is 53.4 Å². The van der Waals surface area contributed by atoms with Crippen molar-refractivity contribution in [3.8, 4) is 0 Å². The van der Waals surface area contributed by atoms with Crippen molar-refractivity contribution >= 4 is 71.3 Å². The second-order valence-electron chi connectivity index (χ2n) is 10.0. The van der Waals surface area contributed by atoms with E-state index in [0.29, 0.717) is 35.2 Å². The Labute approximate surface area is 249 Å². The predicted octanol–water partition coefficient (Wildman–Crippen LogP) is 4.46. The van der Waals surface area contributed by atoms with Crippen LogP contribution in [0.5, 0.6) is 0 Å². The maximum Gasteiger partial charge on any atom is 0.301 e. The van der Waals surface area contributed by atoms with E-state index in [2.05, 4.69) is 25.5 Å². The average Bonchev–Trinajstić information content (AvgIpc) is 2.92. The van der Waals surface area contributed by atoms with Crippen LogP contribution >= 0.6 is 11.8 Å². The van der Waals surface area contributed by atoms with E-state index in [-0.39, 0.29) is 5.24 Å². The highest BCUT2D eigenvalue weighted by Crippen LogP contribution is 2.32. The lowest BCUT2D eigenvalue weighted by Gasteiger charge is -2.33. The number of benzene rings is 3. The van der Waals surface area contributed by atoms with Crippen molar-refractivity contribution in [3.05, 3.63) is 83.4 Å². The normalized spacial score (nSPS) is 16.1. The van der Waals surface area contributed by atoms with Crippen LogP contribution in [0.15, 0.2) is 76.8 Å². The zero-order valence-electron chi connectivity index (χ0n) is 23.2. The first-order chi connectivity index (χ1) is 19.8. The van der Waals surface area contributed by atoms with Gasteiger partial charge in [-0.05, 0) is 84.6 Å². The molecule has 0 spiro atoms. The summed E-state index contributed by atoms with van der Waals surface area (Å²) in [6.45, 7) is 0.705. The molecule has 0 saturated heterocycles. The number of rotatable bonds is 7. The Kier molecular flexibility index (Phi) is 8.30. The van der Waals surface area contributed by atoms with Gasteiger partial charge in [-0.2, -0.15) is 5.10 Å². The SMILES string of the molecule is CN1N=C(c2ccc3c(c2)CCCN3/C(=N\c2ccc(NS(C)(=O)=O)cc2)c2ccc(NS(C)(=O)=O)cc2)CSC1=O. The highest BCUT2D eigenvalue weighted by Gasteiger charge is 2.25. The molecule has 0 fully saturated rings. The van der Waals surface area contributed by atoms with Gasteiger partial charge in [0.1, 0.15) is 5.84 Å². The third-order valence-electron chi connectivity index (χ3n) is 6.51. The van der Waals surface area contributed by atoms with E-state index in [1.54, 1.807) is 43.4 Å². The molecule has 220 valence electrons. The molecule has 0 bridgehead atoms. The highest BCUT2D eigenvalue weighted by molar-refractivity contribution is 8.14. The van der Waals surface area contributed by atoms with Crippen LogP contribution in [-0.4, -0.2) is 70.5 Å². The van der Waals surface area contributed by atoms with Crippen molar-refractivity contribution in [1.29, 1.82) is 0 Å². The van der Waals surface area contributed by atoms with Crippen LogP contribution in [-0.2, 0) is 26.5 Å². The molecule has 0 unspecified atom stereocenters. The van der Waals surface area contributed by atoms with Gasteiger partial charge in [0.2, 0.25) is 20.0 Å². The summed E-state index contributed by atoms with van der Waals surface area (Å²) in [5.74, 6) is 1.17. The smallest absolute Gasteiger partial charge is 0.301 e. The molecule has 0 saturated carbocycles. The predicted molar refractivity (Wildman–Crippen MR) is 170 cm³/mol. The van der Waals surface area contributed by atoms with Crippen molar-refractivity contribution in [2.75, 3.05) is 46.2 Å². The van der Waals surface area contributed by atoms with Gasteiger partial charge >= 0.3 is 5.24 Å². The number of hydrogen-bond acceptors (Lipinski definition) is 8. The molecule has 2 aliphatic heterocycles. The lowest BCUT2D eigenvalue weighted by molar-refractivity contribution is 0.235. The Morgan fingerprint density at radius 1 is 0.905 bits per heavy atom. The first kappa shape index (κ1) is 29.6. The van der Waals surface area contributed by atoms with Crippen LogP contribution in [0.1, 0.15) is 23.1 Å². The summed E-state index contributed by atoms with van der Waals surface area (Å²) in [5.41, 5.74) is 6.19. The van der Waals surface area contributed by atoms with Crippen LogP contribution < -0.4 is 14.3 Å². The molecular formula is C28H30N6O5S3. The molecular weight excluding hydrogens is 597 g/mol. The zero-order chi connectivity index (χ0) is 30.1. The molecule has 5 rings (SSSR count). The first-order valence-corrected chi connectivity index (χ1v) is 17.7. The van der Waals surface area contributed by atoms with Crippen molar-refractivity contribution in [1.82, 2.24) is 5.01 Å². The van der Waals surface area contributed by atoms with Gasteiger partial charge in [-0.25, -0.2) is 26.8 Å². The minimum absolute atomic E-state index is 0.0818. The van der Waals surface area contributed by atoms with E-state index >= 15 is 0 Å². The number of hydrogen-bond donors (Lipinski definition) is 2. The highest BCUT2D eigenvalue weighted by atomic mass is 32.2. The molecule has 42 heavy (non-hydrogen) atoms. The largest absolute Gasteiger partial charge is 0.326 e. The van der Waals surface area contributed by atoms with Gasteiger partial charge in [0.05, 0.1) is 23.9 Å². The molecule has 0 radical (unpaired) electrons. The number of amides is 1. The van der Waals surface area contributed by atoms with Crippen molar-refractivity contribution in [2.24, 2.45) is 10.1 Å². The number of carbonyl (C=O) groups is 1. The quantitative estimate of drug-likeness (QED) is 0.291. The van der Waals surface area contributed by atoms with Gasteiger partial charge in [0, 0.05) is 42.0 Å². The summed E-state index contributed by atoms with van der Waals surface area (Å²) >= 11 is 1.22. The van der Waals surface area contributed by atoms with Crippen LogP contribution in [0.3, 0.4) is 0 Å². The topological polar surface area (TPSA) is 141 Å². The second-order valence-corrected chi connectivity index (χ2v) is 14.5. The lowest BCUT2D eigenvalue weighted by atomic mass is 9.97. The van der Waals surface area contributed by atoms with Gasteiger partial charge < -0.3 is 4.90 Å². The molecule has 11 nitrogen and oxygen atoms in total. The van der Waals surface area contributed by atoms with Crippen molar-refractivity contribution in [3.63, 3.8) is 0 Å². The lowest BCUT2D eigenvalue weighted by Crippen LogP contribution is -2.36. The molecule has 2 heterocycles. The fourth-order valence-electron chi connectivity index (χ4n) is 4.73. The summed E-state index contributed by atoms with van der Waals surface area (Å²) < 4.78 is 51.6. The number of carbonyl (C=O) groups excluding carboxylic acids is 1. The molecule has 1 amide bonds. The fraction of sp³-hybridized carbons (Fsp3) is 0.250. The Hall–Kier alpha value is -3.88. The van der Waals surface area contributed by atoms with Gasteiger partial charge in [0.15, 0.2) is 0 Å². The number of fused-ring (bicyclic) bond motifs is 1. The third kappa shape index (κ3) is 7.30. The molecule has 2 N–H and O–H groups in total. The monoisotopic (exact) mass is 626 g/mol. The van der Waals surface area contributed by atoms with Crippen LogP contribution in [0, 0.1) is 0 Å². The van der Waals surface area contributed by atoms with E-state index < -0.39 is 20.0 Å². The molecule has 3 aromatic carbocycles. The summed E-state index contributed by atoms with van der Waals surface area (Å²) in [7, 11) is -5.19. The third-order valence-corrected chi connectivity index (χ3v) is 8.65. The standard InChI is InChI=1S/C28H30N6O5S3/c1-33-28(35)40-18-25(30-33)20-8-15-26-21(17-20)5-4-16-34(26)27(19-6-9-23(10-7-19)31-41(2,36)37)29-22-11-13-24(14-12-22)32-42(3,38)39/h6-15,17,31-32H,4-5,16,18H2,1-3H3/b29-27-. The molecule has 0 aliphatic carbocycles. The first-order valence-electron chi connectivity index (χ1n) is 13.0. The summed E-state index contributed by atoms with van der Waals surface area (Å²) in [4.78, 5) is 19.0. The number of sulfonamides is 2. The van der Waals surface area contributed by atoms with E-state index in [4.69, 9.17) is 4.99 Å². The average molecular weight is 627 g/mol. The van der Waals surface area contributed by atoms with Crippen LogP contribution in [0.4, 0.5) is 27.5 Å². The number of hydrazone groups is 1. The van der Waals surface area contributed by atoms with Crippen molar-refractivity contribution in [2.45, 2.75) is 12.8 Å². The van der Waals surface area contributed by atoms with E-state index in [9.17, 15) is 21.6 Å². The minimum atomic E-state index is -3.43. The number of amidine groups is 1. The number of thioether (sulfide) groups is 1. The second kappa shape index (κ2) is 11.8. The number of anilines is 3. The van der Waals surface area contributed by atoms with E-state index in [1.807, 2.05) is 24.3 Å². The molecule has 0 atom stereocenters. The summed E-state index contributed by atoms with van der Waals surface area (Å²) in [5, 5.41) is 5.73. The van der Waals surface area contributed by atoms with Gasteiger partial charge in [-0.1, -0.05) is 17.8 Å².